The summed E-state index contributed by atoms with van der Waals surface area (Å²) in [7, 11) is 0. The van der Waals surface area contributed by atoms with Crippen molar-refractivity contribution in [2.45, 2.75) is 18.9 Å². The van der Waals surface area contributed by atoms with Crippen LogP contribution in [-0.4, -0.2) is 180 Å². The number of hydrogen-bond acceptors (Lipinski definition) is 17. The molecule has 1 fully saturated rings. The average molecular weight is 849 g/mol. The molecular formula is C41H60N4O15. The van der Waals surface area contributed by atoms with E-state index in [-0.39, 0.29) is 24.0 Å². The van der Waals surface area contributed by atoms with Gasteiger partial charge in [-0.15, -0.1) is 0 Å². The Hall–Kier alpha value is -4.28. The van der Waals surface area contributed by atoms with Gasteiger partial charge in [-0.3, -0.25) is 29.4 Å². The molecule has 0 aromatic heterocycles. The molecule has 1 unspecified atom stereocenters. The van der Waals surface area contributed by atoms with Crippen LogP contribution < -0.4 is 21.1 Å². The molecule has 2 aromatic carbocycles. The average Bonchev–Trinajstić information content (AvgIpc) is 3.50. The van der Waals surface area contributed by atoms with E-state index in [1.54, 1.807) is 30.3 Å². The third-order valence-electron chi connectivity index (χ3n) is 8.75. The molecular weight excluding hydrogens is 788 g/mol. The van der Waals surface area contributed by atoms with Crippen LogP contribution in [0.1, 0.15) is 33.6 Å². The highest BCUT2D eigenvalue weighted by Gasteiger charge is 2.45. The van der Waals surface area contributed by atoms with E-state index in [4.69, 9.17) is 57.8 Å². The number of amides is 4. The van der Waals surface area contributed by atoms with Crippen LogP contribution in [0.3, 0.4) is 0 Å². The van der Waals surface area contributed by atoms with Gasteiger partial charge >= 0.3 is 0 Å². The summed E-state index contributed by atoms with van der Waals surface area (Å²) in [6, 6.07) is 11.1. The zero-order chi connectivity index (χ0) is 42.5. The summed E-state index contributed by atoms with van der Waals surface area (Å²) in [5, 5.41) is 5.33. The van der Waals surface area contributed by atoms with E-state index in [1.807, 2.05) is 12.1 Å². The summed E-state index contributed by atoms with van der Waals surface area (Å²) in [5.41, 5.74) is 7.25. The number of piperidine rings is 1. The fraction of sp³-hybridized carbons (Fsp3) is 0.610. The number of nitrogen functional groups attached to an aromatic ring is 1. The summed E-state index contributed by atoms with van der Waals surface area (Å²) in [5.74, 6) is -1.42. The third-order valence-corrected chi connectivity index (χ3v) is 8.75. The number of carbonyl (C=O) groups excluding carboxylic acids is 4. The van der Waals surface area contributed by atoms with E-state index in [0.717, 1.165) is 10.6 Å². The number of nitrogens with zero attached hydrogens (tertiary/aromatic N) is 1. The predicted octanol–water partition coefficient (Wildman–Crippen LogP) is 1.33. The Morgan fingerprint density at radius 2 is 0.983 bits per heavy atom. The molecule has 0 radical (unpaired) electrons. The van der Waals surface area contributed by atoms with Crippen LogP contribution in [0, 0.1) is 0 Å². The molecule has 334 valence electrons. The van der Waals surface area contributed by atoms with Gasteiger partial charge in [0.15, 0.2) is 0 Å². The van der Waals surface area contributed by atoms with Crippen molar-refractivity contribution in [3.63, 3.8) is 0 Å². The molecule has 0 spiro atoms. The summed E-state index contributed by atoms with van der Waals surface area (Å²) in [6.07, 6.45) is 0.165. The maximum atomic E-state index is 13.2. The number of benzene rings is 2. The minimum Gasteiger partial charge on any atom is -0.491 e. The van der Waals surface area contributed by atoms with Gasteiger partial charge < -0.3 is 63.2 Å². The van der Waals surface area contributed by atoms with E-state index in [2.05, 4.69) is 10.6 Å². The minimum absolute atomic E-state index is 0.0636. The van der Waals surface area contributed by atoms with Gasteiger partial charge in [-0.25, -0.2) is 0 Å². The molecule has 4 rings (SSSR count). The summed E-state index contributed by atoms with van der Waals surface area (Å²) < 4.78 is 60.6. The van der Waals surface area contributed by atoms with E-state index in [1.165, 1.54) is 0 Å². The molecule has 1 saturated heterocycles. The fourth-order valence-corrected chi connectivity index (χ4v) is 5.78. The largest absolute Gasteiger partial charge is 0.491 e. The highest BCUT2D eigenvalue weighted by molar-refractivity contribution is 6.25. The van der Waals surface area contributed by atoms with Crippen molar-refractivity contribution in [2.75, 3.05) is 156 Å². The lowest BCUT2D eigenvalue weighted by Crippen LogP contribution is -2.54. The van der Waals surface area contributed by atoms with Crippen molar-refractivity contribution in [1.29, 1.82) is 0 Å². The molecule has 0 saturated carbocycles. The molecule has 1 atom stereocenters. The highest BCUT2D eigenvalue weighted by Crippen LogP contribution is 2.32. The lowest BCUT2D eigenvalue weighted by Gasteiger charge is -2.27. The van der Waals surface area contributed by atoms with Crippen LogP contribution in [0.15, 0.2) is 42.5 Å². The number of imide groups is 2. The summed E-state index contributed by atoms with van der Waals surface area (Å²) >= 11 is 0. The number of rotatable bonds is 36. The second-order valence-corrected chi connectivity index (χ2v) is 13.1. The van der Waals surface area contributed by atoms with E-state index in [9.17, 15) is 19.2 Å². The van der Waals surface area contributed by atoms with Gasteiger partial charge in [0.1, 0.15) is 18.4 Å². The first kappa shape index (κ1) is 48.4. The first-order chi connectivity index (χ1) is 29.5. The monoisotopic (exact) mass is 848 g/mol. The minimum atomic E-state index is -1.01. The van der Waals surface area contributed by atoms with Crippen molar-refractivity contribution in [2.24, 2.45) is 0 Å². The number of carbonyl (C=O) groups is 4. The van der Waals surface area contributed by atoms with Gasteiger partial charge in [-0.2, -0.15) is 0 Å². The van der Waals surface area contributed by atoms with Crippen molar-refractivity contribution < 1.29 is 71.3 Å². The first-order valence-electron chi connectivity index (χ1n) is 20.3. The normalized spacial score (nSPS) is 15.1. The van der Waals surface area contributed by atoms with Crippen LogP contribution in [-0.2, 0) is 57.0 Å². The van der Waals surface area contributed by atoms with Crippen molar-refractivity contribution in [1.82, 2.24) is 10.2 Å². The topological polar surface area (TPSA) is 223 Å². The van der Waals surface area contributed by atoms with Crippen molar-refractivity contribution in [3.8, 4) is 5.75 Å². The van der Waals surface area contributed by atoms with Gasteiger partial charge in [-0.05, 0) is 42.8 Å². The van der Waals surface area contributed by atoms with Gasteiger partial charge in [0.05, 0.1) is 143 Å². The lowest BCUT2D eigenvalue weighted by molar-refractivity contribution is -0.136. The van der Waals surface area contributed by atoms with E-state index in [0.29, 0.717) is 157 Å². The molecule has 2 aromatic rings. The molecule has 19 nitrogen and oxygen atoms in total. The number of fused-ring (bicyclic) bond motifs is 1. The van der Waals surface area contributed by atoms with Crippen LogP contribution in [0.25, 0.3) is 0 Å². The molecule has 60 heavy (non-hydrogen) atoms. The van der Waals surface area contributed by atoms with Gasteiger partial charge in [-0.1, -0.05) is 6.07 Å². The molecule has 2 aliphatic rings. The number of anilines is 2. The fourth-order valence-electron chi connectivity index (χ4n) is 5.78. The Morgan fingerprint density at radius 1 is 0.550 bits per heavy atom. The van der Waals surface area contributed by atoms with Gasteiger partial charge in [0.2, 0.25) is 11.8 Å². The van der Waals surface area contributed by atoms with Crippen molar-refractivity contribution in [3.05, 3.63) is 53.6 Å². The third kappa shape index (κ3) is 18.5. The standard InChI is InChI=1S/C41H60N4O15/c42-32-4-6-33(7-5-32)60-31-30-59-29-28-58-27-26-57-25-24-56-23-22-55-21-20-54-19-18-53-17-16-52-15-14-51-13-12-50-11-10-43-35-3-1-2-34-38(35)41(49)45(40(34)48)36-8-9-37(46)44-39(36)47/h1-7,36,43H,8-31,42H2,(H,44,46,47). The van der Waals surface area contributed by atoms with E-state index >= 15 is 0 Å². The molecule has 0 aliphatic carbocycles. The summed E-state index contributed by atoms with van der Waals surface area (Å²) in [6.45, 7) is 9.86. The number of nitrogens with two attached hydrogens (primary N) is 1. The number of nitrogens with one attached hydrogen (secondary N) is 2. The Balaban J connectivity index is 0.814. The second-order valence-electron chi connectivity index (χ2n) is 13.1. The maximum absolute atomic E-state index is 13.2. The first-order valence-corrected chi connectivity index (χ1v) is 20.3. The number of hydrogen-bond donors (Lipinski definition) is 3. The Morgan fingerprint density at radius 3 is 1.43 bits per heavy atom. The van der Waals surface area contributed by atoms with E-state index < -0.39 is 29.7 Å². The van der Waals surface area contributed by atoms with Crippen molar-refractivity contribution >= 4 is 35.0 Å². The summed E-state index contributed by atoms with van der Waals surface area (Å²) in [4.78, 5) is 50.9. The van der Waals surface area contributed by atoms with Gasteiger partial charge in [0.25, 0.3) is 11.8 Å². The quantitative estimate of drug-likeness (QED) is 0.0500. The molecule has 2 aliphatic heterocycles. The van der Waals surface area contributed by atoms with Crippen LogP contribution in [0.4, 0.5) is 11.4 Å². The Kier molecular flexibility index (Phi) is 24.1. The molecule has 2 heterocycles. The Bertz CT molecular complexity index is 1550. The van der Waals surface area contributed by atoms with Crippen LogP contribution in [0.2, 0.25) is 0 Å². The maximum Gasteiger partial charge on any atom is 0.264 e. The second kappa shape index (κ2) is 29.9. The zero-order valence-corrected chi connectivity index (χ0v) is 34.2. The predicted molar refractivity (Wildman–Crippen MR) is 216 cm³/mol. The Labute approximate surface area is 350 Å². The smallest absolute Gasteiger partial charge is 0.264 e. The number of ether oxygens (including phenoxy) is 11. The van der Waals surface area contributed by atoms with Crippen LogP contribution in [0.5, 0.6) is 5.75 Å². The molecule has 4 N–H and O–H groups in total. The lowest BCUT2D eigenvalue weighted by atomic mass is 10.0. The zero-order valence-electron chi connectivity index (χ0n) is 34.2. The molecule has 19 heteroatoms. The van der Waals surface area contributed by atoms with Gasteiger partial charge in [0, 0.05) is 24.3 Å². The highest BCUT2D eigenvalue weighted by atomic mass is 16.6. The SMILES string of the molecule is Nc1ccc(OCCOCCOCCOCCOCCOCCOCCOCCOCCOCCOCCNc2cccc3c2C(=O)N(C2CCC(=O)NC2=O)C3=O)cc1. The van der Waals surface area contributed by atoms with Crippen LogP contribution >= 0.6 is 0 Å². The molecule has 0 bridgehead atoms. The molecule has 4 amide bonds.